The lowest BCUT2D eigenvalue weighted by Gasteiger charge is -2.28. The van der Waals surface area contributed by atoms with Crippen LogP contribution in [0, 0.1) is 0 Å². The molecular weight excluding hydrogens is 424 g/mol. The smallest absolute Gasteiger partial charge is 0.0711 e. The molecular formula is C33H43Si. The second-order valence-electron chi connectivity index (χ2n) is 11.9. The summed E-state index contributed by atoms with van der Waals surface area (Å²) in [5.41, 5.74) is 13.7. The first kappa shape index (κ1) is 25.1. The van der Waals surface area contributed by atoms with E-state index in [4.69, 9.17) is 0 Å². The van der Waals surface area contributed by atoms with Gasteiger partial charge in [0, 0.05) is 0 Å². The fourth-order valence-electron chi connectivity index (χ4n) is 5.51. The molecule has 0 aromatic heterocycles. The molecule has 34 heavy (non-hydrogen) atoms. The van der Waals surface area contributed by atoms with Crippen LogP contribution in [0.25, 0.3) is 11.1 Å². The third-order valence-corrected chi connectivity index (χ3v) is 9.05. The third-order valence-electron chi connectivity index (χ3n) is 7.59. The van der Waals surface area contributed by atoms with Gasteiger partial charge in [-0.15, -0.1) is 0 Å². The Morgan fingerprint density at radius 1 is 0.529 bits per heavy atom. The minimum absolute atomic E-state index is 0.507. The zero-order valence-corrected chi connectivity index (χ0v) is 24.1. The summed E-state index contributed by atoms with van der Waals surface area (Å²) in [6.45, 7) is 23.5. The standard InChI is InChI=1S/C33H43Si/c1-18(2)23-14-27(20(5)6)31(28(15-23)21(7)8)25-12-11-13-26-32-29(22(9)10)16-24(19(3)4)17-30(32)34-33(25)26/h12-22H,11H2,1-10H3. The van der Waals surface area contributed by atoms with Crippen LogP contribution in [0.4, 0.5) is 0 Å². The van der Waals surface area contributed by atoms with Crippen LogP contribution in [0.2, 0.25) is 0 Å². The van der Waals surface area contributed by atoms with Crippen molar-refractivity contribution in [2.24, 2.45) is 0 Å². The van der Waals surface area contributed by atoms with E-state index in [1.165, 1.54) is 39.0 Å². The summed E-state index contributed by atoms with van der Waals surface area (Å²) in [4.78, 5) is 0. The van der Waals surface area contributed by atoms with Gasteiger partial charge in [0.05, 0.1) is 9.13 Å². The van der Waals surface area contributed by atoms with E-state index >= 15 is 0 Å². The summed E-state index contributed by atoms with van der Waals surface area (Å²) in [6.07, 6.45) is 6.06. The molecule has 1 aliphatic heterocycles. The number of benzene rings is 2. The zero-order chi connectivity index (χ0) is 24.9. The van der Waals surface area contributed by atoms with Crippen LogP contribution in [0.15, 0.2) is 36.4 Å². The number of hydrogen-bond donors (Lipinski definition) is 0. The Balaban J connectivity index is 1.95. The van der Waals surface area contributed by atoms with E-state index in [9.17, 15) is 0 Å². The first-order valence-electron chi connectivity index (χ1n) is 13.4. The topological polar surface area (TPSA) is 0 Å². The van der Waals surface area contributed by atoms with Crippen LogP contribution in [-0.4, -0.2) is 14.3 Å². The summed E-state index contributed by atoms with van der Waals surface area (Å²) in [5.74, 6) is 2.66. The van der Waals surface area contributed by atoms with Gasteiger partial charge in [0.2, 0.25) is 0 Å². The molecule has 2 aromatic rings. The molecule has 0 saturated carbocycles. The van der Waals surface area contributed by atoms with Crippen molar-refractivity contribution < 1.29 is 0 Å². The number of hydrogen-bond acceptors (Lipinski definition) is 0. The average Bonchev–Trinajstić information content (AvgIpc) is 3.15. The Morgan fingerprint density at radius 3 is 1.38 bits per heavy atom. The molecule has 0 nitrogen and oxygen atoms in total. The van der Waals surface area contributed by atoms with Gasteiger partial charge in [-0.1, -0.05) is 106 Å². The highest BCUT2D eigenvalue weighted by molar-refractivity contribution is 6.86. The van der Waals surface area contributed by atoms with Gasteiger partial charge < -0.3 is 0 Å². The Labute approximate surface area is 211 Å². The van der Waals surface area contributed by atoms with Crippen molar-refractivity contribution >= 4 is 30.6 Å². The zero-order valence-electron chi connectivity index (χ0n) is 23.1. The highest BCUT2D eigenvalue weighted by Gasteiger charge is 2.31. The maximum Gasteiger partial charge on any atom is 0.0711 e. The van der Waals surface area contributed by atoms with Crippen LogP contribution in [0.5, 0.6) is 0 Å². The molecule has 0 atom stereocenters. The Hall–Kier alpha value is -1.99. The van der Waals surface area contributed by atoms with Gasteiger partial charge in [-0.25, -0.2) is 0 Å². The summed E-state index contributed by atoms with van der Waals surface area (Å²) in [6, 6.07) is 10.0. The number of allylic oxidation sites excluding steroid dienone is 4. The molecule has 4 rings (SSSR count). The maximum absolute atomic E-state index is 2.53. The molecule has 0 fully saturated rings. The second kappa shape index (κ2) is 9.57. The Kier molecular flexibility index (Phi) is 7.07. The van der Waals surface area contributed by atoms with Crippen molar-refractivity contribution in [3.05, 3.63) is 75.4 Å². The largest absolute Gasteiger partial charge is 0.0726 e. The quantitative estimate of drug-likeness (QED) is 0.373. The molecule has 0 N–H and O–H groups in total. The van der Waals surface area contributed by atoms with Gasteiger partial charge in [-0.3, -0.25) is 0 Å². The van der Waals surface area contributed by atoms with Gasteiger partial charge >= 0.3 is 0 Å². The van der Waals surface area contributed by atoms with Gasteiger partial charge in [-0.2, -0.15) is 0 Å². The van der Waals surface area contributed by atoms with Gasteiger partial charge in [-0.05, 0) is 96.5 Å². The molecule has 0 amide bonds. The number of rotatable bonds is 6. The van der Waals surface area contributed by atoms with Gasteiger partial charge in [0.15, 0.2) is 0 Å². The first-order chi connectivity index (χ1) is 16.0. The second-order valence-corrected chi connectivity index (χ2v) is 13.1. The van der Waals surface area contributed by atoms with E-state index in [0.717, 1.165) is 15.6 Å². The van der Waals surface area contributed by atoms with E-state index in [1.807, 2.05) is 0 Å². The lowest BCUT2D eigenvalue weighted by molar-refractivity contribution is 0.800. The fraction of sp³-hybridized carbons (Fsp3) is 0.485. The monoisotopic (exact) mass is 467 g/mol. The number of fused-ring (bicyclic) bond motifs is 3. The van der Waals surface area contributed by atoms with Gasteiger partial charge in [0.1, 0.15) is 0 Å². The fourth-order valence-corrected chi connectivity index (χ4v) is 7.15. The normalized spacial score (nSPS) is 15.3. The average molecular weight is 468 g/mol. The molecule has 1 heterocycles. The molecule has 0 saturated heterocycles. The van der Waals surface area contributed by atoms with Crippen LogP contribution in [-0.2, 0) is 0 Å². The van der Waals surface area contributed by atoms with Crippen LogP contribution < -0.4 is 5.19 Å². The summed E-state index contributed by atoms with van der Waals surface area (Å²) in [5, 5.41) is 3.16. The first-order valence-corrected chi connectivity index (χ1v) is 14.4. The lowest BCUT2D eigenvalue weighted by atomic mass is 9.77. The highest BCUT2D eigenvalue weighted by Crippen LogP contribution is 2.42. The maximum atomic E-state index is 2.53. The van der Waals surface area contributed by atoms with Crippen LogP contribution in [0.3, 0.4) is 0 Å². The minimum Gasteiger partial charge on any atom is -0.0726 e. The van der Waals surface area contributed by atoms with Crippen molar-refractivity contribution in [1.82, 2.24) is 0 Å². The van der Waals surface area contributed by atoms with E-state index in [0.29, 0.717) is 29.6 Å². The van der Waals surface area contributed by atoms with E-state index in [2.05, 4.69) is 106 Å². The molecule has 2 aromatic carbocycles. The Morgan fingerprint density at radius 2 is 0.941 bits per heavy atom. The van der Waals surface area contributed by atoms with Crippen LogP contribution in [0.1, 0.15) is 144 Å². The summed E-state index contributed by atoms with van der Waals surface area (Å²) >= 11 is 0. The Bertz CT molecular complexity index is 1170. The summed E-state index contributed by atoms with van der Waals surface area (Å²) in [7, 11) is 0.746. The molecule has 1 aliphatic carbocycles. The molecule has 0 bridgehead atoms. The van der Waals surface area contributed by atoms with Gasteiger partial charge in [0.25, 0.3) is 0 Å². The predicted molar refractivity (Wildman–Crippen MR) is 154 cm³/mol. The van der Waals surface area contributed by atoms with Crippen molar-refractivity contribution in [3.63, 3.8) is 0 Å². The molecule has 1 radical (unpaired) electrons. The van der Waals surface area contributed by atoms with Crippen LogP contribution >= 0.6 is 0 Å². The lowest BCUT2D eigenvalue weighted by Crippen LogP contribution is -2.15. The molecule has 2 aliphatic rings. The highest BCUT2D eigenvalue weighted by atomic mass is 28.2. The SMILES string of the molecule is CC(C)c1cc2c(c(C(C)C)c1)C1=CCC=C(c3c(C(C)C)cc(C(C)C)cc3C(C)C)C1=[Si]2. The van der Waals surface area contributed by atoms with Crippen molar-refractivity contribution in [1.29, 1.82) is 0 Å². The van der Waals surface area contributed by atoms with E-state index in [-0.39, 0.29) is 0 Å². The molecule has 0 spiro atoms. The van der Waals surface area contributed by atoms with Crippen molar-refractivity contribution in [3.8, 4) is 0 Å². The van der Waals surface area contributed by atoms with E-state index < -0.39 is 0 Å². The van der Waals surface area contributed by atoms with Crippen molar-refractivity contribution in [2.45, 2.75) is 105 Å². The molecule has 0 unspecified atom stereocenters. The van der Waals surface area contributed by atoms with E-state index in [1.54, 1.807) is 21.5 Å². The molecule has 1 heteroatoms. The predicted octanol–water partition coefficient (Wildman–Crippen LogP) is 8.69. The minimum atomic E-state index is 0.507. The third kappa shape index (κ3) is 4.37. The summed E-state index contributed by atoms with van der Waals surface area (Å²) < 4.78 is 0. The molecule has 179 valence electrons. The van der Waals surface area contributed by atoms with Crippen molar-refractivity contribution in [2.75, 3.05) is 0 Å².